The first-order valence-corrected chi connectivity index (χ1v) is 11.9. The molecular formula is C25H34N2O2S. The third kappa shape index (κ3) is 7.86. The van der Waals surface area contributed by atoms with Crippen LogP contribution in [-0.4, -0.2) is 36.4 Å². The van der Waals surface area contributed by atoms with E-state index in [1.807, 2.05) is 48.7 Å². The van der Waals surface area contributed by atoms with Crippen molar-refractivity contribution in [3.05, 3.63) is 71.3 Å². The molecule has 5 heteroatoms. The van der Waals surface area contributed by atoms with Gasteiger partial charge in [0.05, 0.1) is 0 Å². The predicted molar refractivity (Wildman–Crippen MR) is 127 cm³/mol. The molecule has 0 fully saturated rings. The summed E-state index contributed by atoms with van der Waals surface area (Å²) in [4.78, 5) is 25.4. The van der Waals surface area contributed by atoms with Crippen molar-refractivity contribution in [2.45, 2.75) is 51.5 Å². The minimum Gasteiger partial charge on any atom is -0.354 e. The average Bonchev–Trinajstić information content (AvgIpc) is 2.74. The molecule has 0 radical (unpaired) electrons. The average molecular weight is 427 g/mol. The number of carbonyl (C=O) groups excluding carboxylic acids is 2. The van der Waals surface area contributed by atoms with Crippen LogP contribution in [-0.2, 0) is 16.6 Å². The van der Waals surface area contributed by atoms with Crippen molar-refractivity contribution in [1.82, 2.24) is 10.6 Å². The summed E-state index contributed by atoms with van der Waals surface area (Å²) in [6, 6.07) is 17.3. The van der Waals surface area contributed by atoms with Gasteiger partial charge in [0.15, 0.2) is 0 Å². The Labute approximate surface area is 185 Å². The molecule has 0 saturated carbocycles. The Balaban J connectivity index is 1.90. The van der Waals surface area contributed by atoms with Crippen molar-refractivity contribution in [2.75, 3.05) is 18.6 Å². The highest BCUT2D eigenvalue weighted by molar-refractivity contribution is 7.98. The predicted octanol–water partition coefficient (Wildman–Crippen LogP) is 4.58. The Morgan fingerprint density at radius 2 is 1.67 bits per heavy atom. The molecule has 0 bridgehead atoms. The van der Waals surface area contributed by atoms with E-state index in [1.54, 1.807) is 11.8 Å². The first-order valence-electron chi connectivity index (χ1n) is 10.5. The van der Waals surface area contributed by atoms with Crippen molar-refractivity contribution in [1.29, 1.82) is 0 Å². The Bertz CT molecular complexity index is 798. The number of thioether (sulfide) groups is 1. The maximum absolute atomic E-state index is 12.7. The van der Waals surface area contributed by atoms with Gasteiger partial charge in [0, 0.05) is 12.1 Å². The molecular weight excluding hydrogens is 392 g/mol. The summed E-state index contributed by atoms with van der Waals surface area (Å²) in [7, 11) is 0. The quantitative estimate of drug-likeness (QED) is 0.547. The van der Waals surface area contributed by atoms with Gasteiger partial charge in [0.2, 0.25) is 5.91 Å². The fourth-order valence-electron chi connectivity index (χ4n) is 3.14. The van der Waals surface area contributed by atoms with Crippen LogP contribution in [0.4, 0.5) is 0 Å². The topological polar surface area (TPSA) is 58.2 Å². The third-order valence-electron chi connectivity index (χ3n) is 5.03. The molecule has 2 aromatic rings. The van der Waals surface area contributed by atoms with Crippen LogP contribution in [0.5, 0.6) is 0 Å². The van der Waals surface area contributed by atoms with Gasteiger partial charge < -0.3 is 10.6 Å². The van der Waals surface area contributed by atoms with E-state index in [9.17, 15) is 9.59 Å². The number of benzene rings is 2. The molecule has 1 atom stereocenters. The van der Waals surface area contributed by atoms with Gasteiger partial charge in [-0.15, -0.1) is 0 Å². The van der Waals surface area contributed by atoms with E-state index in [-0.39, 0.29) is 17.2 Å². The summed E-state index contributed by atoms with van der Waals surface area (Å²) in [5, 5.41) is 5.91. The molecule has 0 heterocycles. The van der Waals surface area contributed by atoms with E-state index in [1.165, 1.54) is 11.1 Å². The number of hydrogen-bond acceptors (Lipinski definition) is 3. The van der Waals surface area contributed by atoms with Crippen LogP contribution >= 0.6 is 11.8 Å². The molecule has 30 heavy (non-hydrogen) atoms. The summed E-state index contributed by atoms with van der Waals surface area (Å²) in [5.74, 6) is 0.489. The van der Waals surface area contributed by atoms with Crippen LogP contribution in [0.15, 0.2) is 54.6 Å². The molecule has 2 aromatic carbocycles. The maximum Gasteiger partial charge on any atom is 0.251 e. The van der Waals surface area contributed by atoms with E-state index in [4.69, 9.17) is 0 Å². The molecule has 162 valence electrons. The van der Waals surface area contributed by atoms with Crippen LogP contribution in [0.1, 0.15) is 55.1 Å². The molecule has 2 N–H and O–H groups in total. The number of hydrogen-bond donors (Lipinski definition) is 2. The molecule has 2 amide bonds. The highest BCUT2D eigenvalue weighted by atomic mass is 32.2. The van der Waals surface area contributed by atoms with E-state index < -0.39 is 6.04 Å². The number of aryl methyl sites for hydroxylation is 1. The third-order valence-corrected chi connectivity index (χ3v) is 5.67. The van der Waals surface area contributed by atoms with E-state index >= 15 is 0 Å². The highest BCUT2D eigenvalue weighted by Crippen LogP contribution is 2.22. The second kappa shape index (κ2) is 11.8. The van der Waals surface area contributed by atoms with Crippen molar-refractivity contribution >= 4 is 23.6 Å². The Kier molecular flexibility index (Phi) is 9.44. The zero-order valence-electron chi connectivity index (χ0n) is 18.5. The van der Waals surface area contributed by atoms with Crippen LogP contribution in [0.25, 0.3) is 0 Å². The normalized spacial score (nSPS) is 12.3. The monoisotopic (exact) mass is 426 g/mol. The molecule has 0 aromatic heterocycles. The van der Waals surface area contributed by atoms with Crippen LogP contribution in [0.2, 0.25) is 0 Å². The lowest BCUT2D eigenvalue weighted by molar-refractivity contribution is -0.123. The number of amides is 2. The standard InChI is InChI=1S/C25H34N2O2S/c1-25(2,3)21-14-12-20(13-15-21)23(28)27-22(16-18-30-4)24(29)26-17-8-11-19-9-6-5-7-10-19/h5-7,9-10,12-15,22H,8,11,16-18H2,1-4H3,(H,26,29)(H,27,28)/t22-/m1/s1. The van der Waals surface area contributed by atoms with Gasteiger partial charge in [-0.25, -0.2) is 0 Å². The number of nitrogens with one attached hydrogen (secondary N) is 2. The van der Waals surface area contributed by atoms with Crippen molar-refractivity contribution < 1.29 is 9.59 Å². The smallest absolute Gasteiger partial charge is 0.251 e. The van der Waals surface area contributed by atoms with Gasteiger partial charge in [-0.1, -0.05) is 63.2 Å². The lowest BCUT2D eigenvalue weighted by Crippen LogP contribution is -2.47. The molecule has 4 nitrogen and oxygen atoms in total. The van der Waals surface area contributed by atoms with E-state index in [2.05, 4.69) is 43.5 Å². The zero-order valence-corrected chi connectivity index (χ0v) is 19.4. The van der Waals surface area contributed by atoms with Gasteiger partial charge in [-0.05, 0) is 59.9 Å². The fourth-order valence-corrected chi connectivity index (χ4v) is 3.61. The van der Waals surface area contributed by atoms with Gasteiger partial charge in [-0.3, -0.25) is 9.59 Å². The van der Waals surface area contributed by atoms with Crippen LogP contribution in [0, 0.1) is 0 Å². The highest BCUT2D eigenvalue weighted by Gasteiger charge is 2.21. The number of carbonyl (C=O) groups is 2. The minimum absolute atomic E-state index is 0.0372. The zero-order chi connectivity index (χ0) is 22.0. The molecule has 0 saturated heterocycles. The first-order chi connectivity index (χ1) is 14.3. The molecule has 0 aliphatic carbocycles. The summed E-state index contributed by atoms with van der Waals surface area (Å²) >= 11 is 1.67. The van der Waals surface area contributed by atoms with Gasteiger partial charge in [-0.2, -0.15) is 11.8 Å². The first kappa shape index (κ1) is 24.0. The van der Waals surface area contributed by atoms with E-state index in [0.29, 0.717) is 18.5 Å². The van der Waals surface area contributed by atoms with Gasteiger partial charge in [0.25, 0.3) is 5.91 Å². The fraction of sp³-hybridized carbons (Fsp3) is 0.440. The molecule has 0 spiro atoms. The Morgan fingerprint density at radius 3 is 2.27 bits per heavy atom. The molecule has 0 aliphatic heterocycles. The number of rotatable bonds is 10. The summed E-state index contributed by atoms with van der Waals surface area (Å²) in [5.41, 5.74) is 3.05. The lowest BCUT2D eigenvalue weighted by atomic mass is 9.86. The van der Waals surface area contributed by atoms with Crippen molar-refractivity contribution in [2.24, 2.45) is 0 Å². The van der Waals surface area contributed by atoms with Crippen molar-refractivity contribution in [3.8, 4) is 0 Å². The van der Waals surface area contributed by atoms with E-state index in [0.717, 1.165) is 18.6 Å². The SMILES string of the molecule is CSCC[C@@H](NC(=O)c1ccc(C(C)(C)C)cc1)C(=O)NCCCc1ccccc1. The Morgan fingerprint density at radius 1 is 1.00 bits per heavy atom. The molecule has 0 aliphatic rings. The van der Waals surface area contributed by atoms with Gasteiger partial charge >= 0.3 is 0 Å². The lowest BCUT2D eigenvalue weighted by Gasteiger charge is -2.20. The molecule has 2 rings (SSSR count). The second-order valence-corrected chi connectivity index (χ2v) is 9.50. The van der Waals surface area contributed by atoms with Crippen LogP contribution < -0.4 is 10.6 Å². The summed E-state index contributed by atoms with van der Waals surface area (Å²) < 4.78 is 0. The van der Waals surface area contributed by atoms with Crippen LogP contribution in [0.3, 0.4) is 0 Å². The largest absolute Gasteiger partial charge is 0.354 e. The maximum atomic E-state index is 12.7. The minimum atomic E-state index is -0.524. The second-order valence-electron chi connectivity index (χ2n) is 8.52. The summed E-state index contributed by atoms with van der Waals surface area (Å²) in [6.45, 7) is 7.02. The Hall–Kier alpha value is -2.27. The van der Waals surface area contributed by atoms with Gasteiger partial charge in [0.1, 0.15) is 6.04 Å². The van der Waals surface area contributed by atoms with Crippen molar-refractivity contribution in [3.63, 3.8) is 0 Å². The molecule has 0 unspecified atom stereocenters. The summed E-state index contributed by atoms with van der Waals surface area (Å²) in [6.07, 6.45) is 4.40.